The highest BCUT2D eigenvalue weighted by Crippen LogP contribution is 2.24. The van der Waals surface area contributed by atoms with Crippen LogP contribution >= 0.6 is 47.2 Å². The zero-order valence-corrected chi connectivity index (χ0v) is 19.9. The number of nitrogens with zero attached hydrogens (tertiary/aromatic N) is 2. The topological polar surface area (TPSA) is 61.8 Å². The highest BCUT2D eigenvalue weighted by atomic mass is 127. The Bertz CT molecular complexity index is 734. The van der Waals surface area contributed by atoms with Crippen molar-refractivity contribution in [3.8, 4) is 0 Å². The summed E-state index contributed by atoms with van der Waals surface area (Å²) < 4.78 is 23.6. The Kier molecular flexibility index (Phi) is 8.96. The van der Waals surface area contributed by atoms with E-state index in [2.05, 4.69) is 10.3 Å². The molecule has 0 radical (unpaired) electrons. The number of hydrogen-bond acceptors (Lipinski definition) is 3. The summed E-state index contributed by atoms with van der Waals surface area (Å²) in [5.74, 6) is 0.896. The van der Waals surface area contributed by atoms with E-state index >= 15 is 0 Å². The molecule has 1 aromatic rings. The summed E-state index contributed by atoms with van der Waals surface area (Å²) in [6, 6.07) is 5.47. The Morgan fingerprint density at radius 2 is 1.88 bits per heavy atom. The summed E-state index contributed by atoms with van der Waals surface area (Å²) in [6.07, 6.45) is 0.713. The molecule has 0 bridgehead atoms. The van der Waals surface area contributed by atoms with Crippen molar-refractivity contribution in [2.75, 3.05) is 31.9 Å². The van der Waals surface area contributed by atoms with Crippen LogP contribution in [-0.2, 0) is 16.3 Å². The third-order valence-corrected chi connectivity index (χ3v) is 7.23. The van der Waals surface area contributed by atoms with Gasteiger partial charge in [-0.25, -0.2) is 8.42 Å². The SMILES string of the molecule is CCNC(=NCCc1cc(Cl)cc(Cl)c1)N1CCS(=O)(=O)C(C)(C)C1.I. The smallest absolute Gasteiger partial charge is 0.194 e. The lowest BCUT2D eigenvalue weighted by atomic mass is 10.1. The van der Waals surface area contributed by atoms with Crippen molar-refractivity contribution in [1.29, 1.82) is 0 Å². The van der Waals surface area contributed by atoms with Crippen LogP contribution in [0.1, 0.15) is 26.3 Å². The summed E-state index contributed by atoms with van der Waals surface area (Å²) in [7, 11) is -3.07. The Hall–Kier alpha value is -0.250. The van der Waals surface area contributed by atoms with Gasteiger partial charge >= 0.3 is 0 Å². The molecule has 0 unspecified atom stereocenters. The molecule has 2 rings (SSSR count). The molecule has 148 valence electrons. The van der Waals surface area contributed by atoms with Crippen molar-refractivity contribution < 1.29 is 8.42 Å². The minimum atomic E-state index is -3.07. The van der Waals surface area contributed by atoms with E-state index in [1.807, 2.05) is 24.0 Å². The van der Waals surface area contributed by atoms with Gasteiger partial charge in [-0.1, -0.05) is 23.2 Å². The molecule has 0 saturated carbocycles. The lowest BCUT2D eigenvalue weighted by molar-refractivity contribution is 0.353. The van der Waals surface area contributed by atoms with Gasteiger partial charge in [-0.2, -0.15) is 0 Å². The van der Waals surface area contributed by atoms with Crippen LogP contribution in [0.2, 0.25) is 10.0 Å². The number of guanidine groups is 1. The molecular formula is C17H26Cl2IN3O2S. The van der Waals surface area contributed by atoms with Gasteiger partial charge in [-0.15, -0.1) is 24.0 Å². The normalized spacial score (nSPS) is 19.0. The van der Waals surface area contributed by atoms with Crippen LogP contribution in [0.25, 0.3) is 0 Å². The molecule has 0 spiro atoms. The van der Waals surface area contributed by atoms with E-state index in [1.54, 1.807) is 19.9 Å². The highest BCUT2D eigenvalue weighted by Gasteiger charge is 2.40. The summed E-state index contributed by atoms with van der Waals surface area (Å²) in [6.45, 7) is 7.73. The summed E-state index contributed by atoms with van der Waals surface area (Å²) >= 11 is 12.0. The van der Waals surface area contributed by atoms with E-state index < -0.39 is 14.6 Å². The first-order valence-corrected chi connectivity index (χ1v) is 10.8. The van der Waals surface area contributed by atoms with Gasteiger partial charge in [-0.05, 0) is 51.0 Å². The van der Waals surface area contributed by atoms with Crippen molar-refractivity contribution in [3.63, 3.8) is 0 Å². The van der Waals surface area contributed by atoms with Crippen LogP contribution in [0.3, 0.4) is 0 Å². The fraction of sp³-hybridized carbons (Fsp3) is 0.588. The van der Waals surface area contributed by atoms with E-state index in [-0.39, 0.29) is 29.7 Å². The first kappa shape index (κ1) is 23.8. The molecule has 5 nitrogen and oxygen atoms in total. The van der Waals surface area contributed by atoms with Crippen LogP contribution in [0.5, 0.6) is 0 Å². The Balaban J connectivity index is 0.00000338. The summed E-state index contributed by atoms with van der Waals surface area (Å²) in [5.41, 5.74) is 1.03. The van der Waals surface area contributed by atoms with Crippen LogP contribution in [-0.4, -0.2) is 56.0 Å². The molecule has 1 saturated heterocycles. The number of benzene rings is 1. The molecular weight excluding hydrogens is 508 g/mol. The van der Waals surface area contributed by atoms with Crippen LogP contribution in [0.4, 0.5) is 0 Å². The van der Waals surface area contributed by atoms with Gasteiger partial charge in [0.25, 0.3) is 0 Å². The van der Waals surface area contributed by atoms with Crippen molar-refractivity contribution in [2.45, 2.75) is 31.9 Å². The number of hydrogen-bond donors (Lipinski definition) is 1. The second-order valence-corrected chi connectivity index (χ2v) is 10.4. The minimum absolute atomic E-state index is 0. The van der Waals surface area contributed by atoms with Crippen molar-refractivity contribution in [1.82, 2.24) is 10.2 Å². The average Bonchev–Trinajstić information content (AvgIpc) is 2.48. The predicted molar refractivity (Wildman–Crippen MR) is 121 cm³/mol. The zero-order chi connectivity index (χ0) is 18.7. The lowest BCUT2D eigenvalue weighted by Gasteiger charge is -2.39. The van der Waals surface area contributed by atoms with Gasteiger partial charge in [0.2, 0.25) is 0 Å². The van der Waals surface area contributed by atoms with Crippen LogP contribution < -0.4 is 5.32 Å². The van der Waals surface area contributed by atoms with Gasteiger partial charge in [0.05, 0.1) is 10.5 Å². The Morgan fingerprint density at radius 1 is 1.27 bits per heavy atom. The zero-order valence-electron chi connectivity index (χ0n) is 15.3. The van der Waals surface area contributed by atoms with Gasteiger partial charge in [0.15, 0.2) is 15.8 Å². The number of halogens is 3. The first-order valence-electron chi connectivity index (χ1n) is 8.35. The molecule has 1 aromatic carbocycles. The maximum absolute atomic E-state index is 12.2. The molecule has 1 aliphatic heterocycles. The maximum Gasteiger partial charge on any atom is 0.194 e. The molecule has 1 N–H and O–H groups in total. The number of nitrogens with one attached hydrogen (secondary N) is 1. The molecule has 1 heterocycles. The van der Waals surface area contributed by atoms with Crippen molar-refractivity contribution >= 4 is 63.0 Å². The van der Waals surface area contributed by atoms with E-state index in [4.69, 9.17) is 23.2 Å². The van der Waals surface area contributed by atoms with Crippen molar-refractivity contribution in [2.24, 2.45) is 4.99 Å². The van der Waals surface area contributed by atoms with Crippen LogP contribution in [0, 0.1) is 0 Å². The molecule has 9 heteroatoms. The minimum Gasteiger partial charge on any atom is -0.357 e. The van der Waals surface area contributed by atoms with E-state index in [9.17, 15) is 8.42 Å². The third kappa shape index (κ3) is 6.14. The number of aliphatic imine (C=N–C) groups is 1. The molecule has 0 aromatic heterocycles. The fourth-order valence-corrected chi connectivity index (χ4v) is 4.73. The summed E-state index contributed by atoms with van der Waals surface area (Å²) in [4.78, 5) is 6.68. The van der Waals surface area contributed by atoms with Gasteiger partial charge in [0.1, 0.15) is 0 Å². The fourth-order valence-electron chi connectivity index (χ4n) is 2.80. The maximum atomic E-state index is 12.2. The standard InChI is InChI=1S/C17H25Cl2N3O2S.HI/c1-4-20-16(22-7-8-25(23,24)17(2,3)12-22)21-6-5-13-9-14(18)11-15(19)10-13;/h9-11H,4-8,12H2,1-3H3,(H,20,21);1H. The molecule has 0 aliphatic carbocycles. The first-order chi connectivity index (χ1) is 11.6. The molecule has 1 fully saturated rings. The molecule has 1 aliphatic rings. The Morgan fingerprint density at radius 3 is 2.42 bits per heavy atom. The van der Waals surface area contributed by atoms with Crippen molar-refractivity contribution in [3.05, 3.63) is 33.8 Å². The summed E-state index contributed by atoms with van der Waals surface area (Å²) in [5, 5.41) is 4.48. The predicted octanol–water partition coefficient (Wildman–Crippen LogP) is 3.63. The molecule has 0 amide bonds. The largest absolute Gasteiger partial charge is 0.357 e. The van der Waals surface area contributed by atoms with Gasteiger partial charge in [0, 0.05) is 36.2 Å². The second-order valence-electron chi connectivity index (χ2n) is 6.76. The monoisotopic (exact) mass is 533 g/mol. The Labute approximate surface area is 183 Å². The number of rotatable bonds is 4. The van der Waals surface area contributed by atoms with E-state index in [1.165, 1.54) is 0 Å². The highest BCUT2D eigenvalue weighted by molar-refractivity contribution is 14.0. The third-order valence-electron chi connectivity index (χ3n) is 4.26. The number of sulfone groups is 1. The lowest BCUT2D eigenvalue weighted by Crippen LogP contribution is -2.57. The van der Waals surface area contributed by atoms with Crippen LogP contribution in [0.15, 0.2) is 23.2 Å². The molecule has 0 atom stereocenters. The van der Waals surface area contributed by atoms with Gasteiger partial charge in [-0.3, -0.25) is 4.99 Å². The van der Waals surface area contributed by atoms with Gasteiger partial charge < -0.3 is 10.2 Å². The second kappa shape index (κ2) is 9.80. The van der Waals surface area contributed by atoms with E-state index in [0.717, 1.165) is 18.1 Å². The van der Waals surface area contributed by atoms with E-state index in [0.29, 0.717) is 36.1 Å². The molecule has 26 heavy (non-hydrogen) atoms. The average molecular weight is 534 g/mol. The quantitative estimate of drug-likeness (QED) is 0.365.